The van der Waals surface area contributed by atoms with Crippen LogP contribution in [0.3, 0.4) is 0 Å². The predicted molar refractivity (Wildman–Crippen MR) is 354 cm³/mol. The van der Waals surface area contributed by atoms with E-state index in [9.17, 15) is 0 Å². The molecule has 0 saturated heterocycles. The van der Waals surface area contributed by atoms with Gasteiger partial charge in [-0.25, -0.2) is 0 Å². The second kappa shape index (κ2) is 19.2. The monoisotopic (exact) mass is 1070 g/mol. The Bertz CT molecular complexity index is 4790. The quantitative estimate of drug-likeness (QED) is 0.133. The molecule has 2 N–H and O–H groups in total. The molecule has 14 aromatic rings. The largest absolute Gasteiger partial charge is 0.355 e. The Kier molecular flexibility index (Phi) is 11.3. The maximum absolute atomic E-state index is 4.21. The van der Waals surface area contributed by atoms with Crippen LogP contribution in [0.2, 0.25) is 0 Å². The van der Waals surface area contributed by atoms with Gasteiger partial charge in [0.25, 0.3) is 0 Å². The highest BCUT2D eigenvalue weighted by Gasteiger charge is 2.47. The Labute approximate surface area is 491 Å². The SMILES string of the molecule is Cc1cc(C)cc(-c2c(Nc3ccc(C4(c5ccccc5)c5ccccc5-c5ccccc54)cc3)c3ccc4ccc(Nc5ccc(C6(c7ccccc7)c7ccccc7-c7ccccc76)cc5)c5ccc(c2-c2cc(C)cc(C)c2)c3c45)c1. The van der Waals surface area contributed by atoms with Crippen LogP contribution in [0.15, 0.2) is 279 Å². The molecule has 2 heteroatoms. The molecule has 0 aromatic heterocycles. The van der Waals surface area contributed by atoms with E-state index in [2.05, 4.69) is 317 Å². The van der Waals surface area contributed by atoms with Crippen LogP contribution < -0.4 is 10.6 Å². The summed E-state index contributed by atoms with van der Waals surface area (Å²) in [4.78, 5) is 0. The molecule has 0 unspecified atom stereocenters. The third kappa shape index (κ3) is 7.36. The molecule has 2 nitrogen and oxygen atoms in total. The van der Waals surface area contributed by atoms with Crippen LogP contribution in [0.1, 0.15) is 66.8 Å². The van der Waals surface area contributed by atoms with Gasteiger partial charge >= 0.3 is 0 Å². The van der Waals surface area contributed by atoms with E-state index in [0.717, 1.165) is 22.7 Å². The fourth-order valence-corrected chi connectivity index (χ4v) is 15.4. The summed E-state index contributed by atoms with van der Waals surface area (Å²) in [6.07, 6.45) is 0. The number of benzene rings is 14. The number of rotatable bonds is 10. The molecule has 0 spiro atoms. The van der Waals surface area contributed by atoms with E-state index in [-0.39, 0.29) is 0 Å². The fraction of sp³-hybridized carbons (Fsp3) is 0.0732. The Morgan fingerprint density at radius 1 is 0.274 bits per heavy atom. The molecule has 0 fully saturated rings. The molecule has 14 aromatic carbocycles. The van der Waals surface area contributed by atoms with Gasteiger partial charge in [0.05, 0.1) is 16.5 Å². The highest BCUT2D eigenvalue weighted by Crippen LogP contribution is 2.59. The lowest BCUT2D eigenvalue weighted by atomic mass is 9.68. The van der Waals surface area contributed by atoms with Crippen LogP contribution in [0.25, 0.3) is 76.8 Å². The minimum absolute atomic E-state index is 0.462. The first kappa shape index (κ1) is 49.5. The number of hydrogen-bond acceptors (Lipinski definition) is 2. The zero-order valence-electron chi connectivity index (χ0n) is 47.6. The van der Waals surface area contributed by atoms with Crippen LogP contribution in [0, 0.1) is 27.7 Å². The number of hydrogen-bond donors (Lipinski definition) is 2. The number of anilines is 4. The van der Waals surface area contributed by atoms with Crippen LogP contribution in [0.5, 0.6) is 0 Å². The summed E-state index contributed by atoms with van der Waals surface area (Å²) in [6.45, 7) is 8.90. The van der Waals surface area contributed by atoms with Gasteiger partial charge in [-0.2, -0.15) is 0 Å². The Morgan fingerprint density at radius 3 is 1.11 bits per heavy atom. The van der Waals surface area contributed by atoms with Crippen molar-refractivity contribution >= 4 is 55.1 Å². The van der Waals surface area contributed by atoms with Gasteiger partial charge in [0.1, 0.15) is 0 Å². The minimum Gasteiger partial charge on any atom is -0.355 e. The maximum atomic E-state index is 4.21. The predicted octanol–water partition coefficient (Wildman–Crippen LogP) is 21.4. The van der Waals surface area contributed by atoms with Gasteiger partial charge in [0, 0.05) is 38.8 Å². The van der Waals surface area contributed by atoms with E-state index in [1.54, 1.807) is 0 Å². The van der Waals surface area contributed by atoms with Crippen molar-refractivity contribution in [1.29, 1.82) is 0 Å². The van der Waals surface area contributed by atoms with Crippen molar-refractivity contribution in [2.24, 2.45) is 0 Å². The Balaban J connectivity index is 0.877. The molecule has 0 heterocycles. The van der Waals surface area contributed by atoms with Crippen molar-refractivity contribution < 1.29 is 0 Å². The highest BCUT2D eigenvalue weighted by molar-refractivity contribution is 6.32. The Hall–Kier alpha value is -10.3. The average Bonchev–Trinajstić information content (AvgIpc) is 1.42. The molecule has 2 aliphatic rings. The molecule has 0 radical (unpaired) electrons. The first-order valence-electron chi connectivity index (χ1n) is 29.5. The lowest BCUT2D eigenvalue weighted by molar-refractivity contribution is 0.768. The van der Waals surface area contributed by atoms with Crippen molar-refractivity contribution in [1.82, 2.24) is 0 Å². The van der Waals surface area contributed by atoms with Crippen molar-refractivity contribution in [2.75, 3.05) is 10.6 Å². The van der Waals surface area contributed by atoms with E-state index < -0.39 is 10.8 Å². The summed E-state index contributed by atoms with van der Waals surface area (Å²) in [5, 5.41) is 15.5. The third-order valence-electron chi connectivity index (χ3n) is 18.5. The zero-order valence-corrected chi connectivity index (χ0v) is 47.6. The van der Waals surface area contributed by atoms with Crippen LogP contribution in [-0.2, 0) is 10.8 Å². The van der Waals surface area contributed by atoms with E-state index in [4.69, 9.17) is 0 Å². The second-order valence-corrected chi connectivity index (χ2v) is 23.6. The first-order chi connectivity index (χ1) is 41.3. The summed E-state index contributed by atoms with van der Waals surface area (Å²) in [5.74, 6) is 0. The third-order valence-corrected chi connectivity index (χ3v) is 18.5. The van der Waals surface area contributed by atoms with Crippen molar-refractivity contribution in [3.05, 3.63) is 346 Å². The second-order valence-electron chi connectivity index (χ2n) is 23.6. The summed E-state index contributed by atoms with van der Waals surface area (Å²) in [5.41, 5.74) is 28.4. The molecule has 0 saturated carbocycles. The molecule has 0 bridgehead atoms. The summed E-state index contributed by atoms with van der Waals surface area (Å²) < 4.78 is 0. The van der Waals surface area contributed by atoms with Crippen LogP contribution >= 0.6 is 0 Å². The van der Waals surface area contributed by atoms with Crippen molar-refractivity contribution in [3.63, 3.8) is 0 Å². The van der Waals surface area contributed by atoms with Crippen molar-refractivity contribution in [2.45, 2.75) is 38.5 Å². The van der Waals surface area contributed by atoms with Gasteiger partial charge in [-0.15, -0.1) is 0 Å². The standard InChI is InChI=1S/C82H60N2/c1-51-45-52(2)48-56(47-51)77-69-43-42-68-75(83-62-37-33-60(34-38-62)81(58-19-7-5-8-20-58)71-27-15-11-23-64(71)65-24-12-16-28-72(65)81)44-32-55-31-41-70(79(69)76(55)68)80(78(77)57-49-53(3)46-54(4)50-57)84-63-39-35-61(36-40-63)82(59-21-9-6-10-22-59)73-29-17-13-25-66(73)67-26-14-18-30-74(67)82/h5-50,83-84H,1-4H3. The van der Waals surface area contributed by atoms with Gasteiger partial charge < -0.3 is 10.6 Å². The zero-order chi connectivity index (χ0) is 56.3. The van der Waals surface area contributed by atoms with Crippen LogP contribution in [0.4, 0.5) is 22.7 Å². The van der Waals surface area contributed by atoms with Gasteiger partial charge in [-0.05, 0) is 158 Å². The molecular formula is C82H60N2. The normalized spacial score (nSPS) is 13.4. The van der Waals surface area contributed by atoms with Crippen LogP contribution in [-0.4, -0.2) is 0 Å². The van der Waals surface area contributed by atoms with Gasteiger partial charge in [0.15, 0.2) is 0 Å². The molecule has 0 amide bonds. The minimum atomic E-state index is -0.493. The topological polar surface area (TPSA) is 24.1 Å². The van der Waals surface area contributed by atoms with E-state index in [1.165, 1.54) is 144 Å². The maximum Gasteiger partial charge on any atom is 0.0713 e. The van der Waals surface area contributed by atoms with Gasteiger partial charge in [0.2, 0.25) is 0 Å². The lowest BCUT2D eigenvalue weighted by Gasteiger charge is -2.34. The molecule has 0 atom stereocenters. The number of nitrogens with one attached hydrogen (secondary N) is 2. The van der Waals surface area contributed by atoms with E-state index >= 15 is 0 Å². The lowest BCUT2D eigenvalue weighted by Crippen LogP contribution is -2.28. The summed E-state index contributed by atoms with van der Waals surface area (Å²) >= 11 is 0. The van der Waals surface area contributed by atoms with E-state index in [1.807, 2.05) is 0 Å². The average molecular weight is 1070 g/mol. The fourth-order valence-electron chi connectivity index (χ4n) is 15.4. The molecule has 2 aliphatic carbocycles. The Morgan fingerprint density at radius 2 is 0.643 bits per heavy atom. The smallest absolute Gasteiger partial charge is 0.0713 e. The molecule has 84 heavy (non-hydrogen) atoms. The van der Waals surface area contributed by atoms with Gasteiger partial charge in [-0.3, -0.25) is 0 Å². The van der Waals surface area contributed by atoms with Gasteiger partial charge in [-0.1, -0.05) is 271 Å². The highest BCUT2D eigenvalue weighted by atomic mass is 14.9. The number of aryl methyl sites for hydroxylation is 4. The number of fused-ring (bicyclic) bond motifs is 6. The van der Waals surface area contributed by atoms with Crippen molar-refractivity contribution in [3.8, 4) is 44.5 Å². The molecule has 16 rings (SSSR count). The first-order valence-corrected chi connectivity index (χ1v) is 29.5. The molecule has 0 aliphatic heterocycles. The van der Waals surface area contributed by atoms with E-state index in [0.29, 0.717) is 0 Å². The summed E-state index contributed by atoms with van der Waals surface area (Å²) in [7, 11) is 0. The molecule has 398 valence electrons. The molecular weight excluding hydrogens is 1010 g/mol. The summed E-state index contributed by atoms with van der Waals surface area (Å²) in [6, 6.07) is 105.